The van der Waals surface area contributed by atoms with Crippen molar-refractivity contribution < 1.29 is 27.8 Å². The summed E-state index contributed by atoms with van der Waals surface area (Å²) >= 11 is 0. The molecule has 0 spiro atoms. The van der Waals surface area contributed by atoms with Gasteiger partial charge in [0.25, 0.3) is 5.56 Å². The van der Waals surface area contributed by atoms with Gasteiger partial charge in [0.2, 0.25) is 5.75 Å². The van der Waals surface area contributed by atoms with Crippen LogP contribution >= 0.6 is 0 Å². The molecule has 0 aliphatic carbocycles. The normalized spacial score (nSPS) is 18.2. The van der Waals surface area contributed by atoms with Gasteiger partial charge >= 0.3 is 5.97 Å². The summed E-state index contributed by atoms with van der Waals surface area (Å²) in [6.07, 6.45) is 0.414. The Morgan fingerprint density at radius 3 is 2.83 bits per heavy atom. The van der Waals surface area contributed by atoms with E-state index in [-0.39, 0.29) is 56.5 Å². The van der Waals surface area contributed by atoms with Crippen molar-refractivity contribution in [1.82, 2.24) is 9.55 Å². The van der Waals surface area contributed by atoms with E-state index in [2.05, 4.69) is 4.98 Å². The molecule has 0 radical (unpaired) electrons. The van der Waals surface area contributed by atoms with Crippen LogP contribution in [0.2, 0.25) is 0 Å². The quantitative estimate of drug-likeness (QED) is 0.700. The van der Waals surface area contributed by atoms with Crippen LogP contribution < -0.4 is 5.56 Å². The van der Waals surface area contributed by atoms with Crippen molar-refractivity contribution in [3.05, 3.63) is 21.9 Å². The molecular formula is C14H20N2O7S. The predicted octanol–water partition coefficient (Wildman–Crippen LogP) is -0.497. The number of hydrogen-bond donors (Lipinski definition) is 1. The van der Waals surface area contributed by atoms with Crippen molar-refractivity contribution >= 4 is 15.8 Å². The molecular weight excluding hydrogens is 340 g/mol. The van der Waals surface area contributed by atoms with E-state index in [1.807, 2.05) is 0 Å². The van der Waals surface area contributed by atoms with Crippen LogP contribution in [0.15, 0.2) is 4.79 Å². The number of aromatic nitrogens is 2. The topological polar surface area (TPSA) is 125 Å². The van der Waals surface area contributed by atoms with Gasteiger partial charge in [-0.3, -0.25) is 9.36 Å². The van der Waals surface area contributed by atoms with Gasteiger partial charge in [0.15, 0.2) is 15.5 Å². The Kier molecular flexibility index (Phi) is 5.94. The lowest BCUT2D eigenvalue weighted by molar-refractivity contribution is 0.0514. The van der Waals surface area contributed by atoms with Crippen LogP contribution in [0.25, 0.3) is 0 Å². The minimum absolute atomic E-state index is 0.0649. The molecule has 0 unspecified atom stereocenters. The molecule has 0 aromatic carbocycles. The van der Waals surface area contributed by atoms with E-state index in [0.29, 0.717) is 0 Å². The molecule has 2 rings (SSSR count). The van der Waals surface area contributed by atoms with Crippen LogP contribution in [-0.2, 0) is 32.3 Å². The number of esters is 1. The molecule has 0 bridgehead atoms. The van der Waals surface area contributed by atoms with E-state index in [4.69, 9.17) is 9.47 Å². The maximum absolute atomic E-state index is 12.3. The van der Waals surface area contributed by atoms with Crippen LogP contribution in [0.5, 0.6) is 5.75 Å². The summed E-state index contributed by atoms with van der Waals surface area (Å²) in [5.74, 6) is -1.60. The molecule has 1 aliphatic heterocycles. The maximum atomic E-state index is 12.3. The molecule has 1 aromatic rings. The molecule has 0 saturated carbocycles. The second-order valence-corrected chi connectivity index (χ2v) is 7.57. The van der Waals surface area contributed by atoms with Gasteiger partial charge in [-0.15, -0.1) is 0 Å². The first-order valence-corrected chi connectivity index (χ1v) is 9.46. The lowest BCUT2D eigenvalue weighted by Gasteiger charge is -2.13. The minimum atomic E-state index is -3.25. The highest BCUT2D eigenvalue weighted by Crippen LogP contribution is 2.13. The van der Waals surface area contributed by atoms with Crippen LogP contribution in [0.3, 0.4) is 0 Å². The second-order valence-electron chi connectivity index (χ2n) is 5.27. The molecule has 24 heavy (non-hydrogen) atoms. The lowest BCUT2D eigenvalue weighted by atomic mass is 10.3. The number of fused-ring (bicyclic) bond motifs is 1. The van der Waals surface area contributed by atoms with Crippen LogP contribution in [0.4, 0.5) is 0 Å². The molecule has 0 atom stereocenters. The van der Waals surface area contributed by atoms with E-state index in [1.165, 1.54) is 4.57 Å². The summed E-state index contributed by atoms with van der Waals surface area (Å²) in [6, 6.07) is 0. The van der Waals surface area contributed by atoms with Crippen LogP contribution in [-0.4, -0.2) is 60.4 Å². The van der Waals surface area contributed by atoms with Crippen molar-refractivity contribution in [2.24, 2.45) is 0 Å². The average molecular weight is 360 g/mol. The number of sulfone groups is 1. The van der Waals surface area contributed by atoms with Gasteiger partial charge in [-0.2, -0.15) is 0 Å². The molecule has 0 saturated heterocycles. The summed E-state index contributed by atoms with van der Waals surface area (Å²) in [5.41, 5.74) is -1.23. The first-order chi connectivity index (χ1) is 11.4. The highest BCUT2D eigenvalue weighted by Gasteiger charge is 2.23. The van der Waals surface area contributed by atoms with Gasteiger partial charge in [-0.1, -0.05) is 0 Å². The first kappa shape index (κ1) is 18.4. The van der Waals surface area contributed by atoms with E-state index in [0.717, 1.165) is 0 Å². The fraction of sp³-hybridized carbons (Fsp3) is 0.643. The van der Waals surface area contributed by atoms with Crippen molar-refractivity contribution in [2.75, 3.05) is 31.3 Å². The first-order valence-electron chi connectivity index (χ1n) is 7.63. The fourth-order valence-electron chi connectivity index (χ4n) is 2.35. The Labute approximate surface area is 139 Å². The molecule has 1 N–H and O–H groups in total. The van der Waals surface area contributed by atoms with Gasteiger partial charge in [0.1, 0.15) is 5.82 Å². The third kappa shape index (κ3) is 4.32. The monoisotopic (exact) mass is 360 g/mol. The Balaban J connectivity index is 2.41. The summed E-state index contributed by atoms with van der Waals surface area (Å²) in [6.45, 7) is 1.97. The highest BCUT2D eigenvalue weighted by atomic mass is 32.2. The van der Waals surface area contributed by atoms with Crippen LogP contribution in [0, 0.1) is 0 Å². The molecule has 1 aliphatic rings. The van der Waals surface area contributed by atoms with Crippen molar-refractivity contribution in [3.63, 3.8) is 0 Å². The van der Waals surface area contributed by atoms with Gasteiger partial charge < -0.3 is 14.6 Å². The summed E-state index contributed by atoms with van der Waals surface area (Å²) in [4.78, 5) is 28.2. The van der Waals surface area contributed by atoms with Gasteiger partial charge in [-0.25, -0.2) is 18.2 Å². The van der Waals surface area contributed by atoms with Crippen LogP contribution in [0.1, 0.15) is 29.7 Å². The number of rotatable bonds is 2. The molecule has 0 amide bonds. The molecule has 2 heterocycles. The number of aromatic hydroxyl groups is 1. The minimum Gasteiger partial charge on any atom is -0.501 e. The Morgan fingerprint density at radius 1 is 1.38 bits per heavy atom. The van der Waals surface area contributed by atoms with Crippen molar-refractivity contribution in [1.29, 1.82) is 0 Å². The smallest absolute Gasteiger partial charge is 0.361 e. The summed E-state index contributed by atoms with van der Waals surface area (Å²) in [7, 11) is -3.25. The molecule has 10 heteroatoms. The van der Waals surface area contributed by atoms with Crippen molar-refractivity contribution in [3.8, 4) is 5.75 Å². The predicted molar refractivity (Wildman–Crippen MR) is 83.9 cm³/mol. The highest BCUT2D eigenvalue weighted by molar-refractivity contribution is 7.91. The summed E-state index contributed by atoms with van der Waals surface area (Å²) in [5, 5.41) is 9.95. The zero-order chi connectivity index (χ0) is 17.7. The number of hydrogen-bond acceptors (Lipinski definition) is 8. The van der Waals surface area contributed by atoms with E-state index in [1.54, 1.807) is 6.92 Å². The third-order valence-electron chi connectivity index (χ3n) is 3.54. The largest absolute Gasteiger partial charge is 0.501 e. The average Bonchev–Trinajstić information content (AvgIpc) is 2.55. The molecule has 1 aromatic heterocycles. The van der Waals surface area contributed by atoms with E-state index >= 15 is 0 Å². The van der Waals surface area contributed by atoms with Gasteiger partial charge in [0.05, 0.1) is 31.3 Å². The SMILES string of the molecule is CCOC(=O)c1nc2n(c(=O)c1O)CCCS(=O)(=O)CCOCC2. The summed E-state index contributed by atoms with van der Waals surface area (Å²) < 4.78 is 34.8. The third-order valence-corrected chi connectivity index (χ3v) is 5.24. The molecule has 134 valence electrons. The maximum Gasteiger partial charge on any atom is 0.361 e. The standard InChI is InChI=1S/C14H20N2O7S/c1-2-23-14(19)11-12(17)13(18)16-5-3-8-24(20,21)9-7-22-6-4-10(16)15-11/h17H,2-9H2,1H3. The zero-order valence-corrected chi connectivity index (χ0v) is 14.2. The Bertz CT molecular complexity index is 770. The second kappa shape index (κ2) is 7.75. The van der Waals surface area contributed by atoms with Gasteiger partial charge in [0, 0.05) is 13.0 Å². The van der Waals surface area contributed by atoms with E-state index < -0.39 is 32.8 Å². The number of carbonyl (C=O) groups excluding carboxylic acids is 1. The Hall–Kier alpha value is -1.94. The zero-order valence-electron chi connectivity index (χ0n) is 13.4. The van der Waals surface area contributed by atoms with Gasteiger partial charge in [-0.05, 0) is 13.3 Å². The fourth-order valence-corrected chi connectivity index (χ4v) is 3.49. The molecule has 9 nitrogen and oxygen atoms in total. The number of ether oxygens (including phenoxy) is 2. The van der Waals surface area contributed by atoms with Crippen molar-refractivity contribution in [2.45, 2.75) is 26.3 Å². The number of carbonyl (C=O) groups is 1. The lowest BCUT2D eigenvalue weighted by Crippen LogP contribution is -2.29. The number of nitrogens with zero attached hydrogens (tertiary/aromatic N) is 2. The molecule has 0 fully saturated rings. The van der Waals surface area contributed by atoms with E-state index in [9.17, 15) is 23.1 Å². The Morgan fingerprint density at radius 2 is 2.12 bits per heavy atom.